The van der Waals surface area contributed by atoms with E-state index >= 15 is 0 Å². The van der Waals surface area contributed by atoms with E-state index in [1.54, 1.807) is 0 Å². The van der Waals surface area contributed by atoms with Gasteiger partial charge in [-0.25, -0.2) is 0 Å². The average Bonchev–Trinajstić information content (AvgIpc) is 2.92. The van der Waals surface area contributed by atoms with Crippen molar-refractivity contribution in [2.24, 2.45) is 0 Å². The SMILES string of the molecule is C1CCCC1.ClP(Cl)C1CCCC1P(Cl)Cl.[CH3-].[CH3-].[Fe+2]. The summed E-state index contributed by atoms with van der Waals surface area (Å²) in [6, 6.07) is 0. The molecule has 0 bridgehead atoms. The van der Waals surface area contributed by atoms with Crippen LogP contribution in [0.4, 0.5) is 0 Å². The third-order valence-electron chi connectivity index (χ3n) is 3.20. The minimum Gasteiger partial charge on any atom is -0.358 e. The van der Waals surface area contributed by atoms with Crippen molar-refractivity contribution in [3.05, 3.63) is 14.9 Å². The molecule has 0 saturated heterocycles. The molecule has 0 aromatic rings. The van der Waals surface area contributed by atoms with Crippen molar-refractivity contribution in [1.82, 2.24) is 0 Å². The number of halogens is 4. The minimum absolute atomic E-state index is 0. The Bertz CT molecular complexity index is 171. The van der Waals surface area contributed by atoms with Gasteiger partial charge in [0.05, 0.1) is 13.3 Å². The van der Waals surface area contributed by atoms with Crippen LogP contribution in [0.3, 0.4) is 0 Å². The molecular weight excluding hydrogens is 404 g/mol. The molecule has 2 aliphatic carbocycles. The van der Waals surface area contributed by atoms with E-state index in [2.05, 4.69) is 0 Å². The van der Waals surface area contributed by atoms with Gasteiger partial charge in [-0.1, -0.05) is 83.5 Å². The quantitative estimate of drug-likeness (QED) is 0.236. The van der Waals surface area contributed by atoms with Gasteiger partial charge < -0.3 is 14.9 Å². The molecule has 2 fully saturated rings. The molecule has 0 nitrogen and oxygen atoms in total. The Morgan fingerprint density at radius 2 is 0.842 bits per heavy atom. The van der Waals surface area contributed by atoms with Gasteiger partial charge in [0.25, 0.3) is 0 Å². The number of rotatable bonds is 2. The summed E-state index contributed by atoms with van der Waals surface area (Å²) >= 11 is 23.4. The van der Waals surface area contributed by atoms with Crippen molar-refractivity contribution in [3.63, 3.8) is 0 Å². The van der Waals surface area contributed by atoms with E-state index in [0.717, 1.165) is 12.8 Å². The maximum atomic E-state index is 5.85. The zero-order chi connectivity index (χ0) is 12.0. The Balaban J connectivity index is -0.000000277. The molecule has 19 heavy (non-hydrogen) atoms. The summed E-state index contributed by atoms with van der Waals surface area (Å²) in [7, 11) is 0. The molecule has 7 heteroatoms. The second-order valence-electron chi connectivity index (χ2n) is 4.35. The molecule has 0 radical (unpaired) electrons. The van der Waals surface area contributed by atoms with Crippen LogP contribution in [0.15, 0.2) is 0 Å². The van der Waals surface area contributed by atoms with E-state index in [1.165, 1.54) is 38.5 Å². The monoisotopic (exact) mass is 426 g/mol. The van der Waals surface area contributed by atoms with Crippen molar-refractivity contribution in [3.8, 4) is 0 Å². The largest absolute Gasteiger partial charge is 2.00 e. The van der Waals surface area contributed by atoms with Crippen LogP contribution in [-0.2, 0) is 17.1 Å². The van der Waals surface area contributed by atoms with Crippen LogP contribution in [0.1, 0.15) is 51.4 Å². The maximum absolute atomic E-state index is 5.85. The number of hydrogen-bond acceptors (Lipinski definition) is 0. The Hall–Kier alpha value is 2.54. The number of hydrogen-bond donors (Lipinski definition) is 0. The van der Waals surface area contributed by atoms with Gasteiger partial charge >= 0.3 is 17.1 Å². The van der Waals surface area contributed by atoms with Gasteiger partial charge in [-0.05, 0) is 12.8 Å². The summed E-state index contributed by atoms with van der Waals surface area (Å²) < 4.78 is 0. The fraction of sp³-hybridized carbons (Fsp3) is 0.833. The Labute approximate surface area is 152 Å². The van der Waals surface area contributed by atoms with Gasteiger partial charge in [0, 0.05) is 11.3 Å². The van der Waals surface area contributed by atoms with E-state index < -0.39 is 13.3 Å². The smallest absolute Gasteiger partial charge is 0.358 e. The molecule has 0 heterocycles. The molecule has 0 aromatic carbocycles. The molecule has 2 rings (SSSR count). The van der Waals surface area contributed by atoms with E-state index in [9.17, 15) is 0 Å². The van der Waals surface area contributed by atoms with Crippen LogP contribution in [0.5, 0.6) is 0 Å². The van der Waals surface area contributed by atoms with E-state index in [4.69, 9.17) is 45.0 Å². The van der Waals surface area contributed by atoms with Crippen LogP contribution in [0.25, 0.3) is 0 Å². The first-order valence-corrected chi connectivity index (χ1v) is 12.3. The standard InChI is InChI=1S/C5H8Cl4P2.C5H10.2CH3.Fe/c6-10(7)4-2-1-3-5(4)11(8)9;1-2-4-5-3-1;;;/h4-5H,1-3H2;1-5H2;2*1H3;/q;;2*-1;+2. The van der Waals surface area contributed by atoms with Crippen LogP contribution in [0, 0.1) is 14.9 Å². The normalized spacial score (nSPS) is 24.9. The Morgan fingerprint density at radius 1 is 0.579 bits per heavy atom. The van der Waals surface area contributed by atoms with E-state index in [-0.39, 0.29) is 31.9 Å². The topological polar surface area (TPSA) is 0 Å². The first kappa shape index (κ1) is 26.4. The fourth-order valence-corrected chi connectivity index (χ4v) is 8.38. The molecule has 0 aliphatic heterocycles. The summed E-state index contributed by atoms with van der Waals surface area (Å²) in [6.45, 7) is -1.76. The van der Waals surface area contributed by atoms with Gasteiger partial charge in [0.2, 0.25) is 0 Å². The van der Waals surface area contributed by atoms with E-state index in [0.29, 0.717) is 11.3 Å². The molecule has 2 saturated carbocycles. The van der Waals surface area contributed by atoms with Crippen LogP contribution in [-0.4, -0.2) is 11.3 Å². The van der Waals surface area contributed by atoms with Gasteiger partial charge in [-0.2, -0.15) is 0 Å². The van der Waals surface area contributed by atoms with Crippen LogP contribution < -0.4 is 0 Å². The third-order valence-corrected chi connectivity index (χ3v) is 8.68. The maximum Gasteiger partial charge on any atom is 2.00 e. The molecule has 2 unspecified atom stereocenters. The summed E-state index contributed by atoms with van der Waals surface area (Å²) in [4.78, 5) is 0. The zero-order valence-electron chi connectivity index (χ0n) is 11.6. The molecule has 0 N–H and O–H groups in total. The van der Waals surface area contributed by atoms with Gasteiger partial charge in [-0.3, -0.25) is 0 Å². The van der Waals surface area contributed by atoms with Crippen molar-refractivity contribution in [2.45, 2.75) is 62.7 Å². The van der Waals surface area contributed by atoms with Crippen molar-refractivity contribution in [2.75, 3.05) is 0 Å². The van der Waals surface area contributed by atoms with Gasteiger partial charge in [-0.15, -0.1) is 0 Å². The van der Waals surface area contributed by atoms with Gasteiger partial charge in [0.1, 0.15) is 0 Å². The summed E-state index contributed by atoms with van der Waals surface area (Å²) in [5.74, 6) is 0. The predicted molar refractivity (Wildman–Crippen MR) is 94.6 cm³/mol. The molecule has 0 amide bonds. The van der Waals surface area contributed by atoms with Crippen molar-refractivity contribution < 1.29 is 17.1 Å². The van der Waals surface area contributed by atoms with Gasteiger partial charge in [0.15, 0.2) is 0 Å². The molecule has 0 aromatic heterocycles. The summed E-state index contributed by atoms with van der Waals surface area (Å²) in [6.07, 6.45) is 10.9. The molecule has 118 valence electrons. The Kier molecular flexibility index (Phi) is 21.5. The zero-order valence-corrected chi connectivity index (χ0v) is 17.5. The van der Waals surface area contributed by atoms with Crippen molar-refractivity contribution in [1.29, 1.82) is 0 Å². The first-order valence-electron chi connectivity index (χ1n) is 5.84. The fourth-order valence-electron chi connectivity index (χ4n) is 2.26. The molecule has 2 atom stereocenters. The van der Waals surface area contributed by atoms with Crippen LogP contribution in [0.2, 0.25) is 0 Å². The molecule has 2 aliphatic rings. The molecular formula is C12H24Cl4FeP2. The summed E-state index contributed by atoms with van der Waals surface area (Å²) in [5, 5.41) is 0. The molecule has 0 spiro atoms. The third kappa shape index (κ3) is 10.8. The second-order valence-corrected chi connectivity index (χ2v) is 12.1. The minimum atomic E-state index is -0.882. The average molecular weight is 428 g/mol. The van der Waals surface area contributed by atoms with Crippen LogP contribution >= 0.6 is 58.2 Å². The first-order chi connectivity index (χ1) is 7.63. The summed E-state index contributed by atoms with van der Waals surface area (Å²) in [5.41, 5.74) is 0.767. The second kappa shape index (κ2) is 15.4. The van der Waals surface area contributed by atoms with Crippen molar-refractivity contribution >= 4 is 58.2 Å². The van der Waals surface area contributed by atoms with E-state index in [1.807, 2.05) is 0 Å². The predicted octanol–water partition coefficient (Wildman–Crippen LogP) is 8.34. The Morgan fingerprint density at radius 3 is 1.05 bits per heavy atom.